The lowest BCUT2D eigenvalue weighted by atomic mass is 9.98. The topological polar surface area (TPSA) is 73.2 Å². The molecule has 6 heteroatoms. The van der Waals surface area contributed by atoms with Crippen molar-refractivity contribution < 1.29 is 8.42 Å². The van der Waals surface area contributed by atoms with E-state index >= 15 is 0 Å². The van der Waals surface area contributed by atoms with Gasteiger partial charge in [0.05, 0.1) is 6.07 Å². The fraction of sp³-hybridized carbons (Fsp3) is 0.900. The number of sulfonamides is 1. The predicted molar refractivity (Wildman–Crippen MR) is 62.2 cm³/mol. The Morgan fingerprint density at radius 2 is 2.06 bits per heavy atom. The van der Waals surface area contributed by atoms with Crippen molar-refractivity contribution in [3.63, 3.8) is 0 Å². The molecule has 0 amide bonds. The van der Waals surface area contributed by atoms with Crippen LogP contribution >= 0.6 is 0 Å². The van der Waals surface area contributed by atoms with Crippen LogP contribution < -0.4 is 5.32 Å². The maximum Gasteiger partial charge on any atom is 0.229 e. The molecule has 0 bridgehead atoms. The van der Waals surface area contributed by atoms with Crippen molar-refractivity contribution in [3.8, 4) is 6.07 Å². The van der Waals surface area contributed by atoms with E-state index in [0.717, 1.165) is 25.9 Å². The van der Waals surface area contributed by atoms with Crippen LogP contribution in [-0.4, -0.2) is 44.7 Å². The molecular weight excluding hydrogens is 226 g/mol. The molecule has 1 atom stereocenters. The first-order valence-corrected chi connectivity index (χ1v) is 7.04. The molecule has 92 valence electrons. The summed E-state index contributed by atoms with van der Waals surface area (Å²) in [4.78, 5) is 0. The van der Waals surface area contributed by atoms with Crippen LogP contribution in [0, 0.1) is 17.2 Å². The van der Waals surface area contributed by atoms with E-state index in [9.17, 15) is 8.42 Å². The number of piperidine rings is 1. The summed E-state index contributed by atoms with van der Waals surface area (Å²) in [7, 11) is -1.88. The highest BCUT2D eigenvalue weighted by Gasteiger charge is 2.28. The lowest BCUT2D eigenvalue weighted by Crippen LogP contribution is -2.40. The first-order valence-electron chi connectivity index (χ1n) is 5.54. The quantitative estimate of drug-likeness (QED) is 0.765. The molecule has 0 aromatic carbocycles. The summed E-state index contributed by atoms with van der Waals surface area (Å²) >= 11 is 0. The zero-order chi connectivity index (χ0) is 12.2. The number of nitrogens with one attached hydrogen (secondary N) is 1. The van der Waals surface area contributed by atoms with E-state index in [4.69, 9.17) is 5.26 Å². The molecule has 0 aliphatic carbocycles. The van der Waals surface area contributed by atoms with Gasteiger partial charge in [-0.25, -0.2) is 12.7 Å². The fourth-order valence-electron chi connectivity index (χ4n) is 1.87. The monoisotopic (exact) mass is 245 g/mol. The zero-order valence-electron chi connectivity index (χ0n) is 9.81. The van der Waals surface area contributed by atoms with Gasteiger partial charge in [-0.15, -0.1) is 0 Å². The lowest BCUT2D eigenvalue weighted by Gasteiger charge is -2.27. The van der Waals surface area contributed by atoms with Gasteiger partial charge in [0.2, 0.25) is 10.0 Å². The summed E-state index contributed by atoms with van der Waals surface area (Å²) in [5.41, 5.74) is 0. The fourth-order valence-corrected chi connectivity index (χ4v) is 2.96. The molecular formula is C10H19N3O2S. The van der Waals surface area contributed by atoms with Crippen LogP contribution in [0.1, 0.15) is 19.8 Å². The van der Waals surface area contributed by atoms with E-state index in [2.05, 4.69) is 5.32 Å². The number of hydrogen-bond donors (Lipinski definition) is 1. The number of rotatable bonds is 4. The Labute approximate surface area is 97.5 Å². The molecule has 5 nitrogen and oxygen atoms in total. The van der Waals surface area contributed by atoms with Gasteiger partial charge in [0.25, 0.3) is 0 Å². The van der Waals surface area contributed by atoms with Gasteiger partial charge in [-0.3, -0.25) is 0 Å². The summed E-state index contributed by atoms with van der Waals surface area (Å²) < 4.78 is 25.0. The third kappa shape index (κ3) is 3.17. The molecule has 0 radical (unpaired) electrons. The van der Waals surface area contributed by atoms with Crippen molar-refractivity contribution in [2.45, 2.75) is 25.0 Å². The maximum atomic E-state index is 11.8. The van der Waals surface area contributed by atoms with Crippen LogP contribution in [0.5, 0.6) is 0 Å². The highest BCUT2D eigenvalue weighted by atomic mass is 32.2. The van der Waals surface area contributed by atoms with Crippen molar-refractivity contribution in [1.82, 2.24) is 9.62 Å². The van der Waals surface area contributed by atoms with Crippen molar-refractivity contribution in [1.29, 1.82) is 5.26 Å². The highest BCUT2D eigenvalue weighted by Crippen LogP contribution is 2.16. The molecule has 0 aromatic rings. The van der Waals surface area contributed by atoms with Gasteiger partial charge in [-0.1, -0.05) is 0 Å². The van der Waals surface area contributed by atoms with Gasteiger partial charge < -0.3 is 5.32 Å². The summed E-state index contributed by atoms with van der Waals surface area (Å²) in [6.45, 7) is 3.85. The molecule has 16 heavy (non-hydrogen) atoms. The van der Waals surface area contributed by atoms with E-state index in [1.54, 1.807) is 13.1 Å². The number of hydrogen-bond acceptors (Lipinski definition) is 4. The molecule has 1 unspecified atom stereocenters. The predicted octanol–water partition coefficient (Wildman–Crippen LogP) is 0.160. The van der Waals surface area contributed by atoms with E-state index in [1.807, 2.05) is 0 Å². The highest BCUT2D eigenvalue weighted by molar-refractivity contribution is 7.89. The molecule has 0 saturated carbocycles. The minimum absolute atomic E-state index is 0.409. The third-order valence-corrected chi connectivity index (χ3v) is 5.05. The van der Waals surface area contributed by atoms with Gasteiger partial charge in [0.15, 0.2) is 5.25 Å². The lowest BCUT2D eigenvalue weighted by molar-refractivity contribution is 0.310. The van der Waals surface area contributed by atoms with Crippen LogP contribution in [0.25, 0.3) is 0 Å². The van der Waals surface area contributed by atoms with Crippen LogP contribution in [0.15, 0.2) is 0 Å². The van der Waals surface area contributed by atoms with Gasteiger partial charge in [0.1, 0.15) is 0 Å². The van der Waals surface area contributed by atoms with Crippen molar-refractivity contribution >= 4 is 10.0 Å². The molecule has 0 spiro atoms. The van der Waals surface area contributed by atoms with E-state index in [1.165, 1.54) is 11.2 Å². The largest absolute Gasteiger partial charge is 0.317 e. The second kappa shape index (κ2) is 5.62. The molecule has 1 aliphatic heterocycles. The Morgan fingerprint density at radius 3 is 2.56 bits per heavy atom. The summed E-state index contributed by atoms with van der Waals surface area (Å²) in [5.74, 6) is 0.409. The zero-order valence-corrected chi connectivity index (χ0v) is 10.6. The number of nitrogens with zero attached hydrogens (tertiary/aromatic N) is 2. The smallest absolute Gasteiger partial charge is 0.229 e. The van der Waals surface area contributed by atoms with Crippen molar-refractivity contribution in [2.75, 3.05) is 26.7 Å². The van der Waals surface area contributed by atoms with Crippen LogP contribution in [0.2, 0.25) is 0 Å². The van der Waals surface area contributed by atoms with E-state index in [0.29, 0.717) is 12.5 Å². The van der Waals surface area contributed by atoms with E-state index in [-0.39, 0.29) is 0 Å². The Kier molecular flexibility index (Phi) is 4.71. The molecule has 0 aromatic heterocycles. The normalized spacial score (nSPS) is 20.6. The average Bonchev–Trinajstić information content (AvgIpc) is 2.29. The maximum absolute atomic E-state index is 11.8. The van der Waals surface area contributed by atoms with Crippen LogP contribution in [-0.2, 0) is 10.0 Å². The summed E-state index contributed by atoms with van der Waals surface area (Å²) in [5, 5.41) is 10.9. The summed E-state index contributed by atoms with van der Waals surface area (Å²) in [6.07, 6.45) is 2.00. The van der Waals surface area contributed by atoms with Crippen LogP contribution in [0.3, 0.4) is 0 Å². The van der Waals surface area contributed by atoms with Gasteiger partial charge in [-0.2, -0.15) is 5.26 Å². The Hall–Kier alpha value is -0.640. The Balaban J connectivity index is 2.57. The first kappa shape index (κ1) is 13.4. The molecule has 1 aliphatic rings. The standard InChI is InChI=1S/C10H19N3O2S/c1-9(7-11)16(14,15)13(2)8-10-3-5-12-6-4-10/h9-10,12H,3-6,8H2,1-2H3. The molecule has 1 saturated heterocycles. The van der Waals surface area contributed by atoms with Crippen molar-refractivity contribution in [2.24, 2.45) is 5.92 Å². The van der Waals surface area contributed by atoms with Crippen LogP contribution in [0.4, 0.5) is 0 Å². The Morgan fingerprint density at radius 1 is 1.50 bits per heavy atom. The van der Waals surface area contributed by atoms with Gasteiger partial charge in [0, 0.05) is 13.6 Å². The van der Waals surface area contributed by atoms with Gasteiger partial charge >= 0.3 is 0 Å². The van der Waals surface area contributed by atoms with Gasteiger partial charge in [-0.05, 0) is 38.8 Å². The molecule has 1 N–H and O–H groups in total. The second-order valence-corrected chi connectivity index (χ2v) is 6.65. The second-order valence-electron chi connectivity index (χ2n) is 4.29. The molecule has 1 heterocycles. The summed E-state index contributed by atoms with van der Waals surface area (Å²) in [6, 6.07) is 1.78. The minimum Gasteiger partial charge on any atom is -0.317 e. The third-order valence-electron chi connectivity index (χ3n) is 3.04. The van der Waals surface area contributed by atoms with E-state index < -0.39 is 15.3 Å². The minimum atomic E-state index is -3.44. The number of nitriles is 1. The Bertz CT molecular complexity index is 355. The SMILES string of the molecule is CC(C#N)S(=O)(=O)N(C)CC1CCNCC1. The van der Waals surface area contributed by atoms with Crippen molar-refractivity contribution in [3.05, 3.63) is 0 Å². The molecule has 1 fully saturated rings. The average molecular weight is 245 g/mol. The molecule has 1 rings (SSSR count). The first-order chi connectivity index (χ1) is 7.48.